The number of para-hydroxylation sites is 5. The Morgan fingerprint density at radius 2 is 1.56 bits per heavy atom. The minimum atomic E-state index is 0.261. The number of anilines is 2. The molecule has 4 nitrogen and oxygen atoms in total. The Morgan fingerprint density at radius 1 is 0.778 bits per heavy atom. The van der Waals surface area contributed by atoms with Crippen molar-refractivity contribution < 1.29 is 0 Å². The van der Waals surface area contributed by atoms with Crippen molar-refractivity contribution in [3.8, 4) is 0 Å². The van der Waals surface area contributed by atoms with E-state index in [-0.39, 0.29) is 6.04 Å². The number of imidazole rings is 2. The topological polar surface area (TPSA) is 25.5 Å². The lowest BCUT2D eigenvalue weighted by molar-refractivity contribution is 0.826. The number of hydrogen-bond acceptors (Lipinski definition) is 2. The summed E-state index contributed by atoms with van der Waals surface area (Å²) in [6.45, 7) is 0. The number of allylic oxidation sites excluding steroid dienone is 2. The Hall–Kier alpha value is -4.09. The zero-order valence-electron chi connectivity index (χ0n) is 19.3. The lowest BCUT2D eigenvalue weighted by Crippen LogP contribution is -2.27. The molecular weight excluding hydrogens is 508 g/mol. The fourth-order valence-corrected chi connectivity index (χ4v) is 6.36. The van der Waals surface area contributed by atoms with Gasteiger partial charge < -0.3 is 4.90 Å². The minimum absolute atomic E-state index is 0.261. The molecule has 4 aromatic carbocycles. The fraction of sp³-hybridized carbons (Fsp3) is 0.0645. The maximum absolute atomic E-state index is 5.07. The Bertz CT molecular complexity index is 1900. The van der Waals surface area contributed by atoms with Gasteiger partial charge in [-0.15, -0.1) is 0 Å². The monoisotopic (exact) mass is 528 g/mol. The predicted molar refractivity (Wildman–Crippen MR) is 152 cm³/mol. The molecule has 2 aromatic heterocycles. The first-order valence-corrected chi connectivity index (χ1v) is 13.0. The molecule has 3 heterocycles. The average molecular weight is 529 g/mol. The van der Waals surface area contributed by atoms with E-state index in [1.807, 2.05) is 0 Å². The second-order valence-electron chi connectivity index (χ2n) is 9.41. The SMILES string of the molecule is Brc1cccc(N2c3ccccc3C3=CC(n4c5ccccc5n5c6ccccc6nc45)=CCC32)c1. The molecule has 1 aliphatic carbocycles. The van der Waals surface area contributed by atoms with E-state index in [1.165, 1.54) is 39.2 Å². The largest absolute Gasteiger partial charge is 0.333 e. The van der Waals surface area contributed by atoms with Gasteiger partial charge in [-0.1, -0.05) is 70.5 Å². The van der Waals surface area contributed by atoms with Gasteiger partial charge in [0.2, 0.25) is 5.78 Å². The molecule has 1 unspecified atom stereocenters. The van der Waals surface area contributed by atoms with Crippen molar-refractivity contribution in [1.82, 2.24) is 14.0 Å². The summed E-state index contributed by atoms with van der Waals surface area (Å²) in [6, 6.07) is 34.6. The normalized spacial score (nSPS) is 16.9. The molecule has 5 heteroatoms. The van der Waals surface area contributed by atoms with Gasteiger partial charge in [-0.05, 0) is 66.6 Å². The highest BCUT2D eigenvalue weighted by atomic mass is 79.9. The van der Waals surface area contributed by atoms with Crippen molar-refractivity contribution in [1.29, 1.82) is 0 Å². The fourth-order valence-electron chi connectivity index (χ4n) is 5.98. The summed E-state index contributed by atoms with van der Waals surface area (Å²) in [4.78, 5) is 7.55. The van der Waals surface area contributed by atoms with Crippen molar-refractivity contribution in [2.75, 3.05) is 4.90 Å². The van der Waals surface area contributed by atoms with Crippen LogP contribution in [0.3, 0.4) is 0 Å². The summed E-state index contributed by atoms with van der Waals surface area (Å²) in [7, 11) is 0. The third-order valence-electron chi connectivity index (χ3n) is 7.45. The van der Waals surface area contributed by atoms with Crippen LogP contribution in [0.4, 0.5) is 11.4 Å². The smallest absolute Gasteiger partial charge is 0.220 e. The summed E-state index contributed by atoms with van der Waals surface area (Å²) in [6.07, 6.45) is 5.66. The number of aromatic nitrogens is 3. The van der Waals surface area contributed by atoms with Crippen molar-refractivity contribution >= 4 is 66.4 Å². The van der Waals surface area contributed by atoms with Gasteiger partial charge in [0.15, 0.2) is 0 Å². The van der Waals surface area contributed by atoms with E-state index in [2.05, 4.69) is 139 Å². The highest BCUT2D eigenvalue weighted by molar-refractivity contribution is 9.10. The minimum Gasteiger partial charge on any atom is -0.333 e. The zero-order valence-corrected chi connectivity index (χ0v) is 20.9. The van der Waals surface area contributed by atoms with Crippen LogP contribution in [0.25, 0.3) is 39.1 Å². The van der Waals surface area contributed by atoms with Crippen LogP contribution in [0.5, 0.6) is 0 Å². The molecule has 172 valence electrons. The van der Waals surface area contributed by atoms with Gasteiger partial charge in [-0.2, -0.15) is 0 Å². The van der Waals surface area contributed by atoms with Crippen LogP contribution in [0.15, 0.2) is 114 Å². The quantitative estimate of drug-likeness (QED) is 0.227. The number of benzene rings is 4. The van der Waals surface area contributed by atoms with E-state index in [4.69, 9.17) is 4.98 Å². The number of hydrogen-bond donors (Lipinski definition) is 0. The van der Waals surface area contributed by atoms with E-state index < -0.39 is 0 Å². The summed E-state index contributed by atoms with van der Waals surface area (Å²) >= 11 is 3.67. The lowest BCUT2D eigenvalue weighted by Gasteiger charge is -2.29. The van der Waals surface area contributed by atoms with Crippen LogP contribution < -0.4 is 4.90 Å². The second kappa shape index (κ2) is 7.45. The van der Waals surface area contributed by atoms with Crippen molar-refractivity contribution in [3.63, 3.8) is 0 Å². The highest BCUT2D eigenvalue weighted by Crippen LogP contribution is 2.49. The van der Waals surface area contributed by atoms with Crippen LogP contribution in [0.1, 0.15) is 12.0 Å². The first-order valence-electron chi connectivity index (χ1n) is 12.2. The van der Waals surface area contributed by atoms with Gasteiger partial charge in [-0.25, -0.2) is 4.98 Å². The summed E-state index contributed by atoms with van der Waals surface area (Å²) in [5.41, 5.74) is 10.8. The molecule has 0 amide bonds. The molecule has 0 radical (unpaired) electrons. The number of fused-ring (bicyclic) bond motifs is 8. The molecular formula is C31H21BrN4. The molecule has 0 saturated carbocycles. The molecule has 36 heavy (non-hydrogen) atoms. The van der Waals surface area contributed by atoms with Crippen molar-refractivity contribution in [2.45, 2.75) is 12.5 Å². The number of rotatable bonds is 2. The van der Waals surface area contributed by atoms with Crippen molar-refractivity contribution in [2.24, 2.45) is 0 Å². The van der Waals surface area contributed by atoms with E-state index >= 15 is 0 Å². The molecule has 1 aliphatic heterocycles. The second-order valence-corrected chi connectivity index (χ2v) is 10.3. The van der Waals surface area contributed by atoms with Gasteiger partial charge in [-0.3, -0.25) is 8.97 Å². The first-order chi connectivity index (χ1) is 17.8. The van der Waals surface area contributed by atoms with E-state index in [0.29, 0.717) is 0 Å². The molecule has 6 aromatic rings. The van der Waals surface area contributed by atoms with Gasteiger partial charge >= 0.3 is 0 Å². The lowest BCUT2D eigenvalue weighted by atomic mass is 9.94. The molecule has 0 saturated heterocycles. The first kappa shape index (κ1) is 20.1. The maximum Gasteiger partial charge on any atom is 0.220 e. The zero-order chi connectivity index (χ0) is 23.8. The van der Waals surface area contributed by atoms with E-state index in [1.54, 1.807) is 0 Å². The molecule has 0 spiro atoms. The van der Waals surface area contributed by atoms with Crippen LogP contribution in [-0.4, -0.2) is 20.0 Å². The van der Waals surface area contributed by atoms with Crippen LogP contribution in [0.2, 0.25) is 0 Å². The third-order valence-corrected chi connectivity index (χ3v) is 7.94. The maximum atomic E-state index is 5.07. The van der Waals surface area contributed by atoms with Crippen molar-refractivity contribution in [3.05, 3.63) is 119 Å². The molecule has 8 rings (SSSR count). The summed E-state index contributed by atoms with van der Waals surface area (Å²) in [5, 5.41) is 0. The van der Waals surface area contributed by atoms with Gasteiger partial charge in [0.05, 0.1) is 28.1 Å². The van der Waals surface area contributed by atoms with Gasteiger partial charge in [0, 0.05) is 27.1 Å². The predicted octanol–water partition coefficient (Wildman–Crippen LogP) is 8.05. The molecule has 0 fully saturated rings. The number of nitrogens with zero attached hydrogens (tertiary/aromatic N) is 4. The van der Waals surface area contributed by atoms with Crippen LogP contribution in [0, 0.1) is 0 Å². The van der Waals surface area contributed by atoms with Crippen LogP contribution >= 0.6 is 15.9 Å². The van der Waals surface area contributed by atoms with E-state index in [0.717, 1.165) is 27.7 Å². The Labute approximate surface area is 216 Å². The van der Waals surface area contributed by atoms with E-state index in [9.17, 15) is 0 Å². The Balaban J connectivity index is 1.35. The third kappa shape index (κ3) is 2.72. The molecule has 0 bridgehead atoms. The summed E-state index contributed by atoms with van der Waals surface area (Å²) < 4.78 is 5.70. The number of halogens is 1. The average Bonchev–Trinajstić information content (AvgIpc) is 3.55. The van der Waals surface area contributed by atoms with Crippen LogP contribution in [-0.2, 0) is 0 Å². The Kier molecular flexibility index (Phi) is 4.17. The standard InChI is InChI=1S/C31H21BrN4/c32-20-8-7-9-21(18-20)34-26-12-3-1-10-23(26)24-19-22(16-17-27(24)34)35-29-14-5-6-15-30(29)36-28-13-4-2-11-25(28)33-31(35)36/h1-16,18-19,27H,17H2. The molecule has 1 atom stereocenters. The highest BCUT2D eigenvalue weighted by Gasteiger charge is 2.36. The van der Waals surface area contributed by atoms with Gasteiger partial charge in [0.25, 0.3) is 0 Å². The molecule has 2 aliphatic rings. The summed E-state index contributed by atoms with van der Waals surface area (Å²) in [5.74, 6) is 0.953. The molecule has 0 N–H and O–H groups in total. The Morgan fingerprint density at radius 3 is 2.44 bits per heavy atom. The van der Waals surface area contributed by atoms with Gasteiger partial charge in [0.1, 0.15) is 0 Å².